The van der Waals surface area contributed by atoms with Crippen molar-refractivity contribution in [1.82, 2.24) is 10.2 Å². The summed E-state index contributed by atoms with van der Waals surface area (Å²) in [5, 5.41) is 17.0. The number of allylic oxidation sites excluding steroid dienone is 1. The van der Waals surface area contributed by atoms with Gasteiger partial charge in [-0.3, -0.25) is 5.10 Å². The Kier molecular flexibility index (Phi) is 5.55. The molecule has 0 fully saturated rings. The zero-order valence-electron chi connectivity index (χ0n) is 15.8. The highest BCUT2D eigenvalue weighted by molar-refractivity contribution is 5.57. The molecule has 3 rings (SSSR count). The number of hydrogen-bond acceptors (Lipinski definition) is 6. The first kappa shape index (κ1) is 18.6. The molecule has 0 aliphatic carbocycles. The van der Waals surface area contributed by atoms with Crippen molar-refractivity contribution >= 4 is 0 Å². The summed E-state index contributed by atoms with van der Waals surface area (Å²) >= 11 is 0. The van der Waals surface area contributed by atoms with Crippen LogP contribution in [0.1, 0.15) is 49.9 Å². The molecule has 142 valence electrons. The minimum absolute atomic E-state index is 0.0800. The van der Waals surface area contributed by atoms with Crippen LogP contribution in [0.2, 0.25) is 0 Å². The van der Waals surface area contributed by atoms with Crippen molar-refractivity contribution in [3.63, 3.8) is 0 Å². The van der Waals surface area contributed by atoms with E-state index < -0.39 is 0 Å². The summed E-state index contributed by atoms with van der Waals surface area (Å²) < 4.78 is 17.0. The molecule has 0 bridgehead atoms. The van der Waals surface area contributed by atoms with Crippen molar-refractivity contribution in [2.45, 2.75) is 39.5 Å². The Hall–Kier alpha value is -3.14. The first-order valence-corrected chi connectivity index (χ1v) is 9.18. The summed E-state index contributed by atoms with van der Waals surface area (Å²) in [4.78, 5) is 0. The zero-order chi connectivity index (χ0) is 19.4. The van der Waals surface area contributed by atoms with Gasteiger partial charge >= 0.3 is 0 Å². The van der Waals surface area contributed by atoms with Gasteiger partial charge in [0.1, 0.15) is 11.6 Å². The molecule has 0 radical (unpaired) electrons. The molecule has 7 heteroatoms. The molecule has 27 heavy (non-hydrogen) atoms. The quantitative estimate of drug-likeness (QED) is 0.776. The Morgan fingerprint density at radius 2 is 1.96 bits per heavy atom. The maximum Gasteiger partial charge on any atom is 0.244 e. The average Bonchev–Trinajstić information content (AvgIpc) is 3.05. The third-order valence-electron chi connectivity index (χ3n) is 4.42. The lowest BCUT2D eigenvalue weighted by atomic mass is 9.83. The number of nitrogens with zero attached hydrogens (tertiary/aromatic N) is 2. The number of fused-ring (bicyclic) bond motifs is 1. The van der Waals surface area contributed by atoms with E-state index in [9.17, 15) is 5.26 Å². The van der Waals surface area contributed by atoms with Crippen LogP contribution in [0.25, 0.3) is 0 Å². The number of nitriles is 1. The molecule has 0 amide bonds. The molecule has 0 saturated heterocycles. The van der Waals surface area contributed by atoms with Crippen LogP contribution in [-0.4, -0.2) is 23.4 Å². The van der Waals surface area contributed by atoms with E-state index in [4.69, 9.17) is 19.9 Å². The molecule has 2 aromatic rings. The highest BCUT2D eigenvalue weighted by atomic mass is 16.5. The Bertz CT molecular complexity index is 895. The number of rotatable bonds is 7. The van der Waals surface area contributed by atoms with Crippen LogP contribution >= 0.6 is 0 Å². The molecule has 1 aliphatic heterocycles. The molecular formula is C20H24N4O3. The summed E-state index contributed by atoms with van der Waals surface area (Å²) in [6.45, 7) is 6.99. The van der Waals surface area contributed by atoms with E-state index >= 15 is 0 Å². The lowest BCUT2D eigenvalue weighted by Gasteiger charge is -2.25. The minimum Gasteiger partial charge on any atom is -0.490 e. The number of nitrogens with one attached hydrogen (secondary N) is 1. The zero-order valence-corrected chi connectivity index (χ0v) is 15.8. The van der Waals surface area contributed by atoms with Crippen molar-refractivity contribution in [2.24, 2.45) is 5.73 Å². The lowest BCUT2D eigenvalue weighted by Crippen LogP contribution is -2.21. The standard InChI is InChI=1S/C20H24N4O3/c1-4-7-14-18-17(13(11-21)19(22)27-20(18)24-23-14)12-8-9-15(25-5-2)16(10-12)26-6-3/h8-10,17H,4-7,22H2,1-3H3,(H,23,24). The number of aromatic amines is 1. The molecular weight excluding hydrogens is 344 g/mol. The number of hydrogen-bond donors (Lipinski definition) is 2. The van der Waals surface area contributed by atoms with Crippen molar-refractivity contribution in [3.05, 3.63) is 46.5 Å². The second-order valence-corrected chi connectivity index (χ2v) is 6.17. The van der Waals surface area contributed by atoms with Gasteiger partial charge in [0.15, 0.2) is 11.5 Å². The van der Waals surface area contributed by atoms with Crippen LogP contribution in [0.4, 0.5) is 0 Å². The maximum atomic E-state index is 9.73. The smallest absolute Gasteiger partial charge is 0.244 e. The van der Waals surface area contributed by atoms with Gasteiger partial charge in [-0.05, 0) is 38.0 Å². The van der Waals surface area contributed by atoms with Crippen LogP contribution < -0.4 is 19.9 Å². The molecule has 1 unspecified atom stereocenters. The topological polar surface area (TPSA) is 106 Å². The van der Waals surface area contributed by atoms with Gasteiger partial charge in [0, 0.05) is 11.3 Å². The van der Waals surface area contributed by atoms with E-state index in [-0.39, 0.29) is 11.8 Å². The van der Waals surface area contributed by atoms with Gasteiger partial charge in [0.05, 0.1) is 19.1 Å². The molecule has 0 saturated carbocycles. The van der Waals surface area contributed by atoms with Crippen LogP contribution in [-0.2, 0) is 6.42 Å². The van der Waals surface area contributed by atoms with Crippen molar-refractivity contribution < 1.29 is 14.2 Å². The molecule has 2 heterocycles. The predicted molar refractivity (Wildman–Crippen MR) is 101 cm³/mol. The van der Waals surface area contributed by atoms with Crippen molar-refractivity contribution in [1.29, 1.82) is 5.26 Å². The Morgan fingerprint density at radius 1 is 1.22 bits per heavy atom. The predicted octanol–water partition coefficient (Wildman–Crippen LogP) is 3.38. The van der Waals surface area contributed by atoms with Gasteiger partial charge in [0.2, 0.25) is 11.8 Å². The fourth-order valence-electron chi connectivity index (χ4n) is 3.33. The summed E-state index contributed by atoms with van der Waals surface area (Å²) in [6.07, 6.45) is 1.74. The molecule has 1 aliphatic rings. The fraction of sp³-hybridized carbons (Fsp3) is 0.400. The second-order valence-electron chi connectivity index (χ2n) is 6.17. The second kappa shape index (κ2) is 8.04. The monoisotopic (exact) mass is 368 g/mol. The summed E-state index contributed by atoms with van der Waals surface area (Å²) in [7, 11) is 0. The minimum atomic E-state index is -0.367. The van der Waals surface area contributed by atoms with Gasteiger partial charge in [-0.15, -0.1) is 5.10 Å². The molecule has 3 N–H and O–H groups in total. The van der Waals surface area contributed by atoms with E-state index in [1.165, 1.54) is 0 Å². The average molecular weight is 368 g/mol. The van der Waals surface area contributed by atoms with Crippen LogP contribution in [0, 0.1) is 11.3 Å². The normalized spacial score (nSPS) is 15.7. The Morgan fingerprint density at radius 3 is 2.63 bits per heavy atom. The first-order valence-electron chi connectivity index (χ1n) is 9.18. The van der Waals surface area contributed by atoms with Gasteiger partial charge in [-0.25, -0.2) is 0 Å². The molecule has 1 atom stereocenters. The van der Waals surface area contributed by atoms with E-state index in [0.29, 0.717) is 36.2 Å². The largest absolute Gasteiger partial charge is 0.490 e. The SMILES string of the molecule is CCCc1[nH]nc2c1C(c1ccc(OCC)c(OCC)c1)C(C#N)=C(N)O2. The molecule has 1 aromatic heterocycles. The molecule has 0 spiro atoms. The van der Waals surface area contributed by atoms with Crippen LogP contribution in [0.3, 0.4) is 0 Å². The number of aromatic nitrogens is 2. The maximum absolute atomic E-state index is 9.73. The summed E-state index contributed by atoms with van der Waals surface area (Å²) in [5.41, 5.74) is 9.07. The van der Waals surface area contributed by atoms with E-state index in [2.05, 4.69) is 23.2 Å². The van der Waals surface area contributed by atoms with E-state index in [1.54, 1.807) is 0 Å². The van der Waals surface area contributed by atoms with Gasteiger partial charge in [-0.2, -0.15) is 5.26 Å². The first-order chi connectivity index (χ1) is 13.1. The van der Waals surface area contributed by atoms with Gasteiger partial charge in [-0.1, -0.05) is 19.4 Å². The third-order valence-corrected chi connectivity index (χ3v) is 4.42. The summed E-state index contributed by atoms with van der Waals surface area (Å²) in [5.74, 6) is 1.45. The Balaban J connectivity index is 2.15. The van der Waals surface area contributed by atoms with Crippen molar-refractivity contribution in [2.75, 3.05) is 13.2 Å². The third kappa shape index (κ3) is 3.43. The lowest BCUT2D eigenvalue weighted by molar-refractivity contribution is 0.287. The number of H-pyrrole nitrogens is 1. The fourth-order valence-corrected chi connectivity index (χ4v) is 3.33. The Labute approximate surface area is 158 Å². The number of nitrogens with two attached hydrogens (primary N) is 1. The number of ether oxygens (including phenoxy) is 3. The number of aryl methyl sites for hydroxylation is 1. The summed E-state index contributed by atoms with van der Waals surface area (Å²) in [6, 6.07) is 7.91. The highest BCUT2D eigenvalue weighted by Crippen LogP contribution is 2.44. The molecule has 1 aromatic carbocycles. The molecule has 7 nitrogen and oxygen atoms in total. The van der Waals surface area contributed by atoms with Crippen molar-refractivity contribution in [3.8, 4) is 23.4 Å². The van der Waals surface area contributed by atoms with E-state index in [0.717, 1.165) is 29.7 Å². The highest BCUT2D eigenvalue weighted by Gasteiger charge is 2.35. The number of benzene rings is 1. The van der Waals surface area contributed by atoms with Crippen LogP contribution in [0.5, 0.6) is 17.4 Å². The van der Waals surface area contributed by atoms with Gasteiger partial charge < -0.3 is 19.9 Å². The van der Waals surface area contributed by atoms with Crippen LogP contribution in [0.15, 0.2) is 29.7 Å². The van der Waals surface area contributed by atoms with Gasteiger partial charge in [0.25, 0.3) is 0 Å². The van der Waals surface area contributed by atoms with E-state index in [1.807, 2.05) is 32.0 Å².